The van der Waals surface area contributed by atoms with Crippen LogP contribution in [0.25, 0.3) is 0 Å². The predicted molar refractivity (Wildman–Crippen MR) is 106 cm³/mol. The number of aryl methyl sites for hydroxylation is 2. The van der Waals surface area contributed by atoms with Crippen LogP contribution in [0.1, 0.15) is 11.1 Å². The van der Waals surface area contributed by atoms with Crippen LogP contribution in [0.2, 0.25) is 5.02 Å². The van der Waals surface area contributed by atoms with E-state index in [0.29, 0.717) is 28.0 Å². The molecule has 2 aromatic carbocycles. The first-order valence-corrected chi connectivity index (χ1v) is 8.79. The van der Waals surface area contributed by atoms with E-state index in [0.717, 1.165) is 11.1 Å². The molecule has 2 aromatic rings. The van der Waals surface area contributed by atoms with Crippen molar-refractivity contribution in [1.82, 2.24) is 0 Å². The maximum atomic E-state index is 12.0. The van der Waals surface area contributed by atoms with Crippen LogP contribution in [0, 0.1) is 13.8 Å². The van der Waals surface area contributed by atoms with Crippen LogP contribution < -0.4 is 19.5 Å². The SMILES string of the molecule is COc1ccc(NC(=O)COC(=O)COc2c(C)cc(Cl)cc2C)cc1OC. The van der Waals surface area contributed by atoms with Gasteiger partial charge < -0.3 is 24.3 Å². The van der Waals surface area contributed by atoms with E-state index in [2.05, 4.69) is 5.32 Å². The monoisotopic (exact) mass is 407 g/mol. The Bertz CT molecular complexity index is 845. The van der Waals surface area contributed by atoms with Gasteiger partial charge >= 0.3 is 5.97 Å². The number of amides is 1. The van der Waals surface area contributed by atoms with E-state index in [9.17, 15) is 9.59 Å². The summed E-state index contributed by atoms with van der Waals surface area (Å²) in [6, 6.07) is 8.40. The minimum atomic E-state index is -0.656. The molecule has 0 aromatic heterocycles. The average molecular weight is 408 g/mol. The molecule has 28 heavy (non-hydrogen) atoms. The highest BCUT2D eigenvalue weighted by molar-refractivity contribution is 6.30. The molecule has 0 radical (unpaired) electrons. The first kappa shape index (κ1) is 21.4. The number of nitrogens with one attached hydrogen (secondary N) is 1. The summed E-state index contributed by atoms with van der Waals surface area (Å²) >= 11 is 5.97. The molecule has 7 nitrogen and oxygen atoms in total. The van der Waals surface area contributed by atoms with Crippen molar-refractivity contribution >= 4 is 29.2 Å². The third-order valence-electron chi connectivity index (χ3n) is 3.79. The van der Waals surface area contributed by atoms with E-state index in [4.69, 9.17) is 30.5 Å². The highest BCUT2D eigenvalue weighted by Crippen LogP contribution is 2.29. The molecular formula is C20H22ClNO6. The number of carbonyl (C=O) groups excluding carboxylic acids is 2. The van der Waals surface area contributed by atoms with Crippen LogP contribution in [0.4, 0.5) is 5.69 Å². The fraction of sp³-hybridized carbons (Fsp3) is 0.300. The van der Waals surface area contributed by atoms with Gasteiger partial charge in [-0.15, -0.1) is 0 Å². The Labute approximate surface area is 168 Å². The average Bonchev–Trinajstić information content (AvgIpc) is 2.65. The summed E-state index contributed by atoms with van der Waals surface area (Å²) in [4.78, 5) is 23.8. The van der Waals surface area contributed by atoms with Gasteiger partial charge in [-0.1, -0.05) is 11.6 Å². The van der Waals surface area contributed by atoms with E-state index in [1.165, 1.54) is 14.2 Å². The van der Waals surface area contributed by atoms with Crippen molar-refractivity contribution in [1.29, 1.82) is 0 Å². The zero-order valence-electron chi connectivity index (χ0n) is 16.1. The van der Waals surface area contributed by atoms with E-state index >= 15 is 0 Å². The molecule has 150 valence electrons. The van der Waals surface area contributed by atoms with Gasteiger partial charge in [0, 0.05) is 16.8 Å². The Morgan fingerprint density at radius 1 is 0.964 bits per heavy atom. The summed E-state index contributed by atoms with van der Waals surface area (Å²) in [6.07, 6.45) is 0. The highest BCUT2D eigenvalue weighted by atomic mass is 35.5. The van der Waals surface area contributed by atoms with Gasteiger partial charge in [0.2, 0.25) is 0 Å². The van der Waals surface area contributed by atoms with Gasteiger partial charge in [0.05, 0.1) is 14.2 Å². The van der Waals surface area contributed by atoms with Crippen molar-refractivity contribution in [3.63, 3.8) is 0 Å². The number of ether oxygens (including phenoxy) is 4. The maximum absolute atomic E-state index is 12.0. The molecule has 0 fully saturated rings. The van der Waals surface area contributed by atoms with Crippen molar-refractivity contribution < 1.29 is 28.5 Å². The lowest BCUT2D eigenvalue weighted by Crippen LogP contribution is -2.23. The summed E-state index contributed by atoms with van der Waals surface area (Å²) in [7, 11) is 3.01. The Morgan fingerprint density at radius 3 is 2.21 bits per heavy atom. The zero-order valence-corrected chi connectivity index (χ0v) is 16.9. The third kappa shape index (κ3) is 5.79. The molecule has 0 aliphatic carbocycles. The topological polar surface area (TPSA) is 83.1 Å². The molecule has 1 amide bonds. The number of benzene rings is 2. The van der Waals surface area contributed by atoms with Crippen LogP contribution >= 0.6 is 11.6 Å². The number of carbonyl (C=O) groups is 2. The van der Waals surface area contributed by atoms with Crippen LogP contribution in [0.15, 0.2) is 30.3 Å². The van der Waals surface area contributed by atoms with E-state index in [1.807, 2.05) is 13.8 Å². The fourth-order valence-electron chi connectivity index (χ4n) is 2.55. The van der Waals surface area contributed by atoms with Crippen LogP contribution in [-0.2, 0) is 14.3 Å². The summed E-state index contributed by atoms with van der Waals surface area (Å²) in [5.74, 6) is 0.433. The molecule has 0 saturated heterocycles. The van der Waals surface area contributed by atoms with Gasteiger partial charge in [0.1, 0.15) is 5.75 Å². The minimum absolute atomic E-state index is 0.313. The summed E-state index contributed by atoms with van der Waals surface area (Å²) < 4.78 is 20.7. The number of anilines is 1. The van der Waals surface area contributed by atoms with Crippen molar-refractivity contribution in [3.05, 3.63) is 46.5 Å². The number of hydrogen-bond donors (Lipinski definition) is 1. The lowest BCUT2D eigenvalue weighted by Gasteiger charge is -2.13. The Kier molecular flexibility index (Phi) is 7.52. The minimum Gasteiger partial charge on any atom is -0.493 e. The predicted octanol–water partition coefficient (Wildman–Crippen LogP) is 3.53. The van der Waals surface area contributed by atoms with Gasteiger partial charge in [-0.05, 0) is 49.2 Å². The molecule has 0 saturated carbocycles. The molecule has 0 aliphatic heterocycles. The first-order valence-electron chi connectivity index (χ1n) is 8.41. The van der Waals surface area contributed by atoms with E-state index in [1.54, 1.807) is 30.3 Å². The molecule has 0 aliphatic rings. The van der Waals surface area contributed by atoms with Crippen molar-refractivity contribution in [2.75, 3.05) is 32.8 Å². The quantitative estimate of drug-likeness (QED) is 0.674. The number of rotatable bonds is 8. The van der Waals surface area contributed by atoms with Crippen LogP contribution in [-0.4, -0.2) is 39.3 Å². The molecule has 0 heterocycles. The summed E-state index contributed by atoms with van der Waals surface area (Å²) in [5.41, 5.74) is 2.11. The number of methoxy groups -OCH3 is 2. The second kappa shape index (κ2) is 9.85. The number of hydrogen-bond acceptors (Lipinski definition) is 6. The fourth-order valence-corrected chi connectivity index (χ4v) is 2.88. The molecule has 0 unspecified atom stereocenters. The van der Waals surface area contributed by atoms with Gasteiger partial charge in [-0.25, -0.2) is 4.79 Å². The van der Waals surface area contributed by atoms with E-state index < -0.39 is 18.5 Å². The lowest BCUT2D eigenvalue weighted by atomic mass is 10.1. The third-order valence-corrected chi connectivity index (χ3v) is 4.01. The summed E-state index contributed by atoms with van der Waals surface area (Å²) in [5, 5.41) is 3.21. The van der Waals surface area contributed by atoms with Gasteiger partial charge in [-0.2, -0.15) is 0 Å². The Balaban J connectivity index is 1.83. The van der Waals surface area contributed by atoms with E-state index in [-0.39, 0.29) is 6.61 Å². The first-order chi connectivity index (χ1) is 13.3. The summed E-state index contributed by atoms with van der Waals surface area (Å²) in [6.45, 7) is 2.91. The van der Waals surface area contributed by atoms with Crippen molar-refractivity contribution in [2.45, 2.75) is 13.8 Å². The molecular weight excluding hydrogens is 386 g/mol. The molecule has 8 heteroatoms. The van der Waals surface area contributed by atoms with Gasteiger partial charge in [0.25, 0.3) is 5.91 Å². The zero-order chi connectivity index (χ0) is 20.7. The maximum Gasteiger partial charge on any atom is 0.344 e. The highest BCUT2D eigenvalue weighted by Gasteiger charge is 2.12. The molecule has 0 atom stereocenters. The smallest absolute Gasteiger partial charge is 0.344 e. The lowest BCUT2D eigenvalue weighted by molar-refractivity contribution is -0.149. The second-order valence-corrected chi connectivity index (χ2v) is 6.37. The molecule has 0 spiro atoms. The normalized spacial score (nSPS) is 10.2. The number of esters is 1. The largest absolute Gasteiger partial charge is 0.493 e. The van der Waals surface area contributed by atoms with Gasteiger partial charge in [0.15, 0.2) is 24.7 Å². The number of halogens is 1. The van der Waals surface area contributed by atoms with Crippen LogP contribution in [0.5, 0.6) is 17.2 Å². The molecule has 1 N–H and O–H groups in total. The van der Waals surface area contributed by atoms with Crippen molar-refractivity contribution in [2.24, 2.45) is 0 Å². The second-order valence-electron chi connectivity index (χ2n) is 5.94. The van der Waals surface area contributed by atoms with Gasteiger partial charge in [-0.3, -0.25) is 4.79 Å². The molecule has 0 bridgehead atoms. The van der Waals surface area contributed by atoms with Crippen molar-refractivity contribution in [3.8, 4) is 17.2 Å². The Hall–Kier alpha value is -2.93. The standard InChI is InChI=1S/C20H22ClNO6/c1-12-7-14(21)8-13(2)20(12)28-11-19(24)27-10-18(23)22-15-5-6-16(25-3)17(9-15)26-4/h5-9H,10-11H2,1-4H3,(H,22,23). The van der Waals surface area contributed by atoms with Crippen LogP contribution in [0.3, 0.4) is 0 Å². The Morgan fingerprint density at radius 2 is 1.61 bits per heavy atom. The molecule has 2 rings (SSSR count).